The molecule has 0 fully saturated rings. The molecule has 0 amide bonds. The second-order valence-corrected chi connectivity index (χ2v) is 6.53. The van der Waals surface area contributed by atoms with Crippen molar-refractivity contribution in [3.63, 3.8) is 0 Å². The summed E-state index contributed by atoms with van der Waals surface area (Å²) in [6, 6.07) is 8.46. The zero-order valence-corrected chi connectivity index (χ0v) is 14.4. The standard InChI is InChI=1S/C18H16F3N5/c1-10(2)17-23-14-8-7-13(16(18(19,20)21)26(14)24-17)25-15-11(3)5-4-6-12(15)9-22-25/h4-10H,1-3H3. The number of nitrogens with zero attached hydrogens (tertiary/aromatic N) is 5. The largest absolute Gasteiger partial charge is 0.435 e. The number of aryl methyl sites for hydroxylation is 1. The number of pyridine rings is 1. The monoisotopic (exact) mass is 359 g/mol. The van der Waals surface area contributed by atoms with Crippen molar-refractivity contribution in [1.82, 2.24) is 24.4 Å². The Labute approximate surface area is 147 Å². The highest BCUT2D eigenvalue weighted by atomic mass is 19.4. The normalized spacial score (nSPS) is 12.6. The maximum absolute atomic E-state index is 14.0. The zero-order valence-electron chi connectivity index (χ0n) is 14.4. The summed E-state index contributed by atoms with van der Waals surface area (Å²) in [7, 11) is 0. The summed E-state index contributed by atoms with van der Waals surface area (Å²) in [4.78, 5) is 4.21. The number of alkyl halides is 3. The van der Waals surface area contributed by atoms with Crippen LogP contribution in [-0.2, 0) is 6.18 Å². The highest BCUT2D eigenvalue weighted by Crippen LogP contribution is 2.35. The Morgan fingerprint density at radius 2 is 1.85 bits per heavy atom. The molecule has 0 unspecified atom stereocenters. The van der Waals surface area contributed by atoms with E-state index in [1.54, 1.807) is 6.20 Å². The molecule has 0 aliphatic carbocycles. The van der Waals surface area contributed by atoms with Crippen LogP contribution in [0.3, 0.4) is 0 Å². The molecule has 0 N–H and O–H groups in total. The van der Waals surface area contributed by atoms with Crippen LogP contribution in [0.5, 0.6) is 0 Å². The van der Waals surface area contributed by atoms with Crippen LogP contribution < -0.4 is 0 Å². The highest BCUT2D eigenvalue weighted by Gasteiger charge is 2.39. The Morgan fingerprint density at radius 1 is 1.08 bits per heavy atom. The highest BCUT2D eigenvalue weighted by molar-refractivity contribution is 5.83. The maximum atomic E-state index is 14.0. The third-order valence-electron chi connectivity index (χ3n) is 4.30. The van der Waals surface area contributed by atoms with Crippen LogP contribution in [0, 0.1) is 6.92 Å². The van der Waals surface area contributed by atoms with Crippen LogP contribution in [0.25, 0.3) is 22.2 Å². The Balaban J connectivity index is 2.09. The number of halogens is 3. The molecule has 0 spiro atoms. The van der Waals surface area contributed by atoms with Gasteiger partial charge in [0.2, 0.25) is 0 Å². The van der Waals surface area contributed by atoms with E-state index in [4.69, 9.17) is 0 Å². The number of para-hydroxylation sites is 1. The average molecular weight is 359 g/mol. The first-order valence-corrected chi connectivity index (χ1v) is 8.18. The van der Waals surface area contributed by atoms with E-state index >= 15 is 0 Å². The molecular formula is C18H16F3N5. The van der Waals surface area contributed by atoms with E-state index in [-0.39, 0.29) is 17.3 Å². The van der Waals surface area contributed by atoms with Gasteiger partial charge in [0.05, 0.1) is 17.4 Å². The third-order valence-corrected chi connectivity index (χ3v) is 4.30. The average Bonchev–Trinajstić information content (AvgIpc) is 3.17. The Hall–Kier alpha value is -2.90. The van der Waals surface area contributed by atoms with Gasteiger partial charge >= 0.3 is 6.18 Å². The van der Waals surface area contributed by atoms with Gasteiger partial charge in [-0.2, -0.15) is 23.4 Å². The minimum absolute atomic E-state index is 0.0745. The number of hydrogen-bond acceptors (Lipinski definition) is 3. The van der Waals surface area contributed by atoms with E-state index in [0.717, 1.165) is 15.5 Å². The number of fused-ring (bicyclic) bond motifs is 2. The van der Waals surface area contributed by atoms with Crippen molar-refractivity contribution in [1.29, 1.82) is 0 Å². The van der Waals surface area contributed by atoms with E-state index in [1.807, 2.05) is 39.0 Å². The molecule has 134 valence electrons. The lowest BCUT2D eigenvalue weighted by atomic mass is 10.1. The Morgan fingerprint density at radius 3 is 2.54 bits per heavy atom. The van der Waals surface area contributed by atoms with Gasteiger partial charge in [-0.05, 0) is 24.6 Å². The molecule has 26 heavy (non-hydrogen) atoms. The van der Waals surface area contributed by atoms with Gasteiger partial charge in [-0.25, -0.2) is 14.2 Å². The number of rotatable bonds is 2. The van der Waals surface area contributed by atoms with Gasteiger partial charge in [0.25, 0.3) is 0 Å². The van der Waals surface area contributed by atoms with Crippen LogP contribution in [0.4, 0.5) is 13.2 Å². The second kappa shape index (κ2) is 5.55. The van der Waals surface area contributed by atoms with Gasteiger partial charge in [-0.15, -0.1) is 0 Å². The van der Waals surface area contributed by atoms with Gasteiger partial charge < -0.3 is 0 Å². The number of benzene rings is 1. The molecule has 0 saturated heterocycles. The van der Waals surface area contributed by atoms with Crippen molar-refractivity contribution in [2.24, 2.45) is 0 Å². The van der Waals surface area contributed by atoms with Crippen molar-refractivity contribution < 1.29 is 13.2 Å². The number of aromatic nitrogens is 5. The zero-order chi connectivity index (χ0) is 18.6. The van der Waals surface area contributed by atoms with Gasteiger partial charge in [0, 0.05) is 11.3 Å². The first kappa shape index (κ1) is 16.6. The molecule has 3 heterocycles. The Kier molecular flexibility index (Phi) is 3.54. The van der Waals surface area contributed by atoms with E-state index in [2.05, 4.69) is 15.2 Å². The first-order chi connectivity index (χ1) is 12.3. The van der Waals surface area contributed by atoms with Crippen LogP contribution >= 0.6 is 0 Å². The van der Waals surface area contributed by atoms with Gasteiger partial charge in [0.1, 0.15) is 0 Å². The lowest BCUT2D eigenvalue weighted by Gasteiger charge is -2.15. The summed E-state index contributed by atoms with van der Waals surface area (Å²) in [5.74, 6) is 0.293. The van der Waals surface area contributed by atoms with Crippen molar-refractivity contribution >= 4 is 16.6 Å². The molecule has 4 rings (SSSR count). The van der Waals surface area contributed by atoms with Gasteiger partial charge in [-0.1, -0.05) is 32.0 Å². The van der Waals surface area contributed by atoms with Crippen LogP contribution in [0.2, 0.25) is 0 Å². The summed E-state index contributed by atoms with van der Waals surface area (Å²) in [5, 5.41) is 9.08. The van der Waals surface area contributed by atoms with Crippen LogP contribution in [-0.4, -0.2) is 24.4 Å². The molecule has 5 nitrogen and oxygen atoms in total. The second-order valence-electron chi connectivity index (χ2n) is 6.53. The molecule has 8 heteroatoms. The van der Waals surface area contributed by atoms with E-state index in [1.165, 1.54) is 16.8 Å². The molecule has 0 bridgehead atoms. The molecule has 0 aliphatic heterocycles. The lowest BCUT2D eigenvalue weighted by Crippen LogP contribution is -2.18. The minimum Gasteiger partial charge on any atom is -0.231 e. The first-order valence-electron chi connectivity index (χ1n) is 8.18. The fourth-order valence-corrected chi connectivity index (χ4v) is 3.07. The van der Waals surface area contributed by atoms with Gasteiger partial charge in [-0.3, -0.25) is 0 Å². The molecule has 0 saturated carbocycles. The van der Waals surface area contributed by atoms with Crippen molar-refractivity contribution in [3.05, 3.63) is 53.6 Å². The van der Waals surface area contributed by atoms with Crippen LogP contribution in [0.1, 0.15) is 36.8 Å². The summed E-state index contributed by atoms with van der Waals surface area (Å²) in [5.41, 5.74) is 0.686. The Bertz CT molecular complexity index is 1120. The van der Waals surface area contributed by atoms with E-state index in [0.29, 0.717) is 11.3 Å². The summed E-state index contributed by atoms with van der Waals surface area (Å²) < 4.78 is 44.0. The summed E-state index contributed by atoms with van der Waals surface area (Å²) >= 11 is 0. The topological polar surface area (TPSA) is 48.0 Å². The molecule has 0 aliphatic rings. The minimum atomic E-state index is -4.61. The molecule has 1 aromatic carbocycles. The van der Waals surface area contributed by atoms with Crippen molar-refractivity contribution in [2.75, 3.05) is 0 Å². The third kappa shape index (κ3) is 2.44. The molecule has 0 atom stereocenters. The predicted molar refractivity (Wildman–Crippen MR) is 91.4 cm³/mol. The SMILES string of the molecule is Cc1cccc2cnn(-c3ccc4nc(C(C)C)nn4c3C(F)(F)F)c12. The van der Waals surface area contributed by atoms with Crippen LogP contribution in [0.15, 0.2) is 36.5 Å². The lowest BCUT2D eigenvalue weighted by molar-refractivity contribution is -0.142. The molecular weight excluding hydrogens is 343 g/mol. The van der Waals surface area contributed by atoms with Crippen molar-refractivity contribution in [3.8, 4) is 5.69 Å². The molecule has 3 aromatic heterocycles. The quantitative estimate of drug-likeness (QED) is 0.529. The predicted octanol–water partition coefficient (Wildman–Crippen LogP) is 4.52. The summed E-state index contributed by atoms with van der Waals surface area (Å²) in [6.45, 7) is 5.53. The summed E-state index contributed by atoms with van der Waals surface area (Å²) in [6.07, 6.45) is -3.05. The molecule has 0 radical (unpaired) electrons. The van der Waals surface area contributed by atoms with Gasteiger partial charge in [0.15, 0.2) is 17.2 Å². The van der Waals surface area contributed by atoms with Crippen molar-refractivity contribution in [2.45, 2.75) is 32.9 Å². The molecule has 4 aromatic rings. The fourth-order valence-electron chi connectivity index (χ4n) is 3.07. The number of hydrogen-bond donors (Lipinski definition) is 0. The maximum Gasteiger partial charge on any atom is 0.435 e. The van der Waals surface area contributed by atoms with E-state index in [9.17, 15) is 13.2 Å². The van der Waals surface area contributed by atoms with E-state index < -0.39 is 11.9 Å². The smallest absolute Gasteiger partial charge is 0.231 e. The fraction of sp³-hybridized carbons (Fsp3) is 0.278.